The van der Waals surface area contributed by atoms with Gasteiger partial charge in [-0.3, -0.25) is 0 Å². The van der Waals surface area contributed by atoms with Crippen molar-refractivity contribution in [2.24, 2.45) is 0 Å². The molecule has 0 fully saturated rings. The summed E-state index contributed by atoms with van der Waals surface area (Å²) in [6.45, 7) is 4.65. The number of hydrogen-bond acceptors (Lipinski definition) is 1. The van der Waals surface area contributed by atoms with Crippen LogP contribution in [-0.4, -0.2) is 6.17 Å². The maximum absolute atomic E-state index is 15.6. The number of nitrogens with zero attached hydrogens (tertiary/aromatic N) is 1. The predicted molar refractivity (Wildman–Crippen MR) is 247 cm³/mol. The predicted octanol–water partition coefficient (Wildman–Crippen LogP) is 15.3. The Hall–Kier alpha value is -7.10. The summed E-state index contributed by atoms with van der Waals surface area (Å²) in [6.07, 6.45) is 2.71. The van der Waals surface area contributed by atoms with Gasteiger partial charge < -0.3 is 4.90 Å². The molecule has 8 aromatic rings. The number of fused-ring (bicyclic) bond motifs is 12. The molecule has 0 saturated carbocycles. The molecule has 0 saturated heterocycles. The minimum absolute atomic E-state index is 0.150. The van der Waals surface area contributed by atoms with Crippen molar-refractivity contribution in [1.82, 2.24) is 0 Å². The number of alkyl halides is 1. The van der Waals surface area contributed by atoms with E-state index in [1.54, 1.807) is 12.1 Å². The Morgan fingerprint density at radius 3 is 1.80 bits per heavy atom. The van der Waals surface area contributed by atoms with Crippen molar-refractivity contribution in [1.29, 1.82) is 0 Å². The van der Waals surface area contributed by atoms with Crippen LogP contribution in [0.4, 0.5) is 25.8 Å². The van der Waals surface area contributed by atoms with Gasteiger partial charge in [0, 0.05) is 28.9 Å². The first-order chi connectivity index (χ1) is 29.8. The molecule has 61 heavy (non-hydrogen) atoms. The van der Waals surface area contributed by atoms with E-state index in [-0.39, 0.29) is 17.7 Å². The third kappa shape index (κ3) is 5.10. The van der Waals surface area contributed by atoms with Crippen LogP contribution in [0.3, 0.4) is 0 Å². The number of rotatable bonds is 5. The monoisotopic (exact) mass is 789 g/mol. The molecular weight excluding hydrogens is 749 g/mol. The van der Waals surface area contributed by atoms with E-state index < -0.39 is 11.6 Å². The molecule has 12 rings (SSSR count). The quantitative estimate of drug-likeness (QED) is 0.168. The lowest BCUT2D eigenvalue weighted by Gasteiger charge is -2.35. The zero-order valence-corrected chi connectivity index (χ0v) is 34.0. The van der Waals surface area contributed by atoms with Crippen LogP contribution >= 0.6 is 0 Å². The Morgan fingerprint density at radius 2 is 1.05 bits per heavy atom. The van der Waals surface area contributed by atoms with Crippen molar-refractivity contribution >= 4 is 22.6 Å². The van der Waals surface area contributed by atoms with Crippen LogP contribution in [0, 0.1) is 5.82 Å². The number of anilines is 3. The highest BCUT2D eigenvalue weighted by atomic mass is 19.1. The van der Waals surface area contributed by atoms with Gasteiger partial charge in [0.1, 0.15) is 12.0 Å². The van der Waals surface area contributed by atoms with Crippen molar-refractivity contribution in [3.8, 4) is 44.5 Å². The maximum Gasteiger partial charge on any atom is 0.123 e. The normalized spacial score (nSPS) is 18.3. The van der Waals surface area contributed by atoms with E-state index in [9.17, 15) is 0 Å². The third-order valence-electron chi connectivity index (χ3n) is 13.9. The molecule has 2 unspecified atom stereocenters. The number of allylic oxidation sites excluding steroid dienone is 4. The highest BCUT2D eigenvalue weighted by molar-refractivity contribution is 6.00. The van der Waals surface area contributed by atoms with Crippen molar-refractivity contribution in [2.45, 2.75) is 37.3 Å². The van der Waals surface area contributed by atoms with Crippen molar-refractivity contribution < 1.29 is 8.78 Å². The average Bonchev–Trinajstić information content (AvgIpc) is 3.85. The molecule has 0 radical (unpaired) electrons. The van der Waals surface area contributed by atoms with Crippen LogP contribution in [0.2, 0.25) is 0 Å². The first-order valence-electron chi connectivity index (χ1n) is 21.2. The van der Waals surface area contributed by atoms with Crippen LogP contribution in [-0.2, 0) is 10.8 Å². The van der Waals surface area contributed by atoms with Crippen molar-refractivity contribution in [2.75, 3.05) is 4.90 Å². The topological polar surface area (TPSA) is 3.24 Å². The fourth-order valence-electron chi connectivity index (χ4n) is 11.2. The summed E-state index contributed by atoms with van der Waals surface area (Å²) >= 11 is 0. The van der Waals surface area contributed by atoms with Crippen molar-refractivity contribution in [3.05, 3.63) is 239 Å². The molecule has 2 atom stereocenters. The lowest BCUT2D eigenvalue weighted by Crippen LogP contribution is -2.30. The van der Waals surface area contributed by atoms with E-state index in [4.69, 9.17) is 0 Å². The van der Waals surface area contributed by atoms with E-state index in [1.165, 1.54) is 33.9 Å². The smallest absolute Gasteiger partial charge is 0.123 e. The van der Waals surface area contributed by atoms with E-state index >= 15 is 8.78 Å². The molecular formula is C58H41F2N. The van der Waals surface area contributed by atoms with Crippen LogP contribution in [0.25, 0.3) is 50.1 Å². The molecule has 0 bridgehead atoms. The van der Waals surface area contributed by atoms with E-state index in [0.29, 0.717) is 0 Å². The first-order valence-corrected chi connectivity index (χ1v) is 21.2. The molecule has 8 aromatic carbocycles. The molecule has 292 valence electrons. The van der Waals surface area contributed by atoms with Gasteiger partial charge in [-0.1, -0.05) is 153 Å². The van der Waals surface area contributed by atoms with Crippen LogP contribution in [0.15, 0.2) is 200 Å². The molecule has 0 aliphatic heterocycles. The average molecular weight is 790 g/mol. The standard InChI is InChI=1S/C58H41F2N/c1-57(2)51-17-8-6-13-45(51)47-32-29-43(35-53(47)57)61(41-25-19-37(20-26-41)36-11-4-3-5-12-36)42-27-21-38(22-28-42)44-15-10-16-50-46-14-7-9-18-52(46)58(56(44)50)54-33-39(59)23-30-48(54)49-31-24-40(60)34-55(49)58/h3-33,35,40H,34H2,1-2H3. The van der Waals surface area contributed by atoms with Gasteiger partial charge in [0.2, 0.25) is 0 Å². The molecule has 4 aliphatic carbocycles. The Morgan fingerprint density at radius 1 is 0.475 bits per heavy atom. The van der Waals surface area contributed by atoms with Crippen LogP contribution in [0.5, 0.6) is 0 Å². The van der Waals surface area contributed by atoms with Gasteiger partial charge in [-0.05, 0) is 144 Å². The Bertz CT molecular complexity index is 3150. The number of benzene rings is 8. The van der Waals surface area contributed by atoms with E-state index in [1.807, 2.05) is 18.2 Å². The molecule has 1 nitrogen and oxygen atoms in total. The second-order valence-electron chi connectivity index (χ2n) is 17.4. The summed E-state index contributed by atoms with van der Waals surface area (Å²) in [5, 5.41) is 0. The van der Waals surface area contributed by atoms with Gasteiger partial charge in [0.15, 0.2) is 0 Å². The van der Waals surface area contributed by atoms with Gasteiger partial charge in [-0.15, -0.1) is 0 Å². The van der Waals surface area contributed by atoms with Crippen LogP contribution in [0.1, 0.15) is 53.6 Å². The summed E-state index contributed by atoms with van der Waals surface area (Å²) in [4.78, 5) is 2.35. The first kappa shape index (κ1) is 35.8. The Balaban J connectivity index is 1.02. The van der Waals surface area contributed by atoms with Crippen LogP contribution < -0.4 is 4.90 Å². The van der Waals surface area contributed by atoms with Crippen molar-refractivity contribution in [3.63, 3.8) is 0 Å². The summed E-state index contributed by atoms with van der Waals surface area (Å²) in [5.74, 6) is -0.290. The number of hydrogen-bond donors (Lipinski definition) is 0. The van der Waals surface area contributed by atoms with Gasteiger partial charge in [-0.25, -0.2) is 8.78 Å². The largest absolute Gasteiger partial charge is 0.310 e. The summed E-state index contributed by atoms with van der Waals surface area (Å²) in [5.41, 5.74) is 20.2. The third-order valence-corrected chi connectivity index (χ3v) is 13.9. The Labute approximate surface area is 355 Å². The van der Waals surface area contributed by atoms with Gasteiger partial charge in [-0.2, -0.15) is 0 Å². The number of halogens is 2. The molecule has 0 aromatic heterocycles. The lowest BCUT2D eigenvalue weighted by molar-refractivity contribution is 0.387. The summed E-state index contributed by atoms with van der Waals surface area (Å²) in [6, 6.07) is 63.9. The highest BCUT2D eigenvalue weighted by Crippen LogP contribution is 2.65. The molecule has 0 N–H and O–H groups in total. The van der Waals surface area contributed by atoms with Gasteiger partial charge >= 0.3 is 0 Å². The fraction of sp³-hybridized carbons (Fsp3) is 0.103. The minimum Gasteiger partial charge on any atom is -0.310 e. The minimum atomic E-state index is -1.12. The molecule has 0 heterocycles. The highest BCUT2D eigenvalue weighted by Gasteiger charge is 2.54. The van der Waals surface area contributed by atoms with Gasteiger partial charge in [0.05, 0.1) is 5.41 Å². The van der Waals surface area contributed by atoms with E-state index in [2.05, 4.69) is 176 Å². The zero-order chi connectivity index (χ0) is 41.0. The van der Waals surface area contributed by atoms with E-state index in [0.717, 1.165) is 78.3 Å². The molecule has 4 aliphatic rings. The molecule has 1 spiro atoms. The maximum atomic E-state index is 15.6. The second-order valence-corrected chi connectivity index (χ2v) is 17.4. The zero-order valence-electron chi connectivity index (χ0n) is 34.0. The fourth-order valence-corrected chi connectivity index (χ4v) is 11.2. The summed E-state index contributed by atoms with van der Waals surface area (Å²) < 4.78 is 31.1. The SMILES string of the molecule is CC1(C)c2ccccc2-c2ccc(N(c3ccc(-c4ccccc4)cc3)c3ccc(-c4cccc5c4C4(C6=C(C=CC(F)C6)c6ccc(F)cc64)c4ccccc4-5)cc3)cc21. The second kappa shape index (κ2) is 13.2. The molecule has 0 amide bonds. The lowest BCUT2D eigenvalue weighted by atomic mass is 9.66. The molecule has 3 heteroatoms. The summed E-state index contributed by atoms with van der Waals surface area (Å²) in [7, 11) is 0. The van der Waals surface area contributed by atoms with Gasteiger partial charge in [0.25, 0.3) is 0 Å². The Kier molecular flexibility index (Phi) is 7.75.